The van der Waals surface area contributed by atoms with Crippen LogP contribution in [-0.4, -0.2) is 35.1 Å². The van der Waals surface area contributed by atoms with Gasteiger partial charge in [0.2, 0.25) is 0 Å². The minimum Gasteiger partial charge on any atom is -0.481 e. The van der Waals surface area contributed by atoms with Crippen LogP contribution in [0.4, 0.5) is 13.6 Å². The van der Waals surface area contributed by atoms with Gasteiger partial charge in [-0.25, -0.2) is 13.6 Å². The zero-order valence-electron chi connectivity index (χ0n) is 15.3. The molecule has 5 nitrogen and oxygen atoms in total. The molecule has 2 aromatic carbocycles. The number of hydrogen-bond acceptors (Lipinski definition) is 2. The van der Waals surface area contributed by atoms with E-state index in [1.54, 1.807) is 29.2 Å². The molecule has 7 heteroatoms. The van der Waals surface area contributed by atoms with Crippen LogP contribution in [0.3, 0.4) is 0 Å². The third-order valence-corrected chi connectivity index (χ3v) is 5.01. The number of hydrogen-bond donors (Lipinski definition) is 2. The number of rotatable bonds is 5. The summed E-state index contributed by atoms with van der Waals surface area (Å²) in [6.07, 6.45) is 1.10. The van der Waals surface area contributed by atoms with E-state index in [1.165, 1.54) is 24.3 Å². The van der Waals surface area contributed by atoms with E-state index in [9.17, 15) is 18.4 Å². The molecule has 0 aromatic heterocycles. The minimum atomic E-state index is -0.844. The Labute approximate surface area is 162 Å². The molecule has 0 spiro atoms. The van der Waals surface area contributed by atoms with E-state index in [0.717, 1.165) is 0 Å². The summed E-state index contributed by atoms with van der Waals surface area (Å²) in [5.41, 5.74) is 1.26. The predicted molar refractivity (Wildman–Crippen MR) is 99.7 cm³/mol. The first-order chi connectivity index (χ1) is 13.4. The Morgan fingerprint density at radius 2 is 1.71 bits per heavy atom. The van der Waals surface area contributed by atoms with E-state index in [0.29, 0.717) is 43.5 Å². The number of benzene rings is 2. The van der Waals surface area contributed by atoms with Gasteiger partial charge in [0.1, 0.15) is 11.6 Å². The summed E-state index contributed by atoms with van der Waals surface area (Å²) >= 11 is 0. The molecule has 148 valence electrons. The number of amides is 2. The molecule has 2 N–H and O–H groups in total. The number of carbonyl (C=O) groups is 2. The SMILES string of the molecule is O=C(O)C1CCN(C(=O)NC(Cc2cccc(F)c2)c2cccc(F)c2)CC1. The third kappa shape index (κ3) is 5.06. The Kier molecular flexibility index (Phi) is 6.23. The number of nitrogens with zero attached hydrogens (tertiary/aromatic N) is 1. The lowest BCUT2D eigenvalue weighted by atomic mass is 9.97. The second-order valence-electron chi connectivity index (χ2n) is 6.99. The lowest BCUT2D eigenvalue weighted by Crippen LogP contribution is -2.46. The number of nitrogens with one attached hydrogen (secondary N) is 1. The molecule has 2 amide bonds. The summed E-state index contributed by atoms with van der Waals surface area (Å²) in [6.45, 7) is 0.692. The topological polar surface area (TPSA) is 69.6 Å². The summed E-state index contributed by atoms with van der Waals surface area (Å²) in [7, 11) is 0. The number of carboxylic acids is 1. The van der Waals surface area contributed by atoms with Gasteiger partial charge in [0.25, 0.3) is 0 Å². The Morgan fingerprint density at radius 1 is 1.07 bits per heavy atom. The Bertz CT molecular complexity index is 851. The molecule has 0 aliphatic carbocycles. The molecule has 1 atom stereocenters. The lowest BCUT2D eigenvalue weighted by molar-refractivity contribution is -0.143. The van der Waals surface area contributed by atoms with Crippen molar-refractivity contribution >= 4 is 12.0 Å². The van der Waals surface area contributed by atoms with Gasteiger partial charge in [-0.15, -0.1) is 0 Å². The van der Waals surface area contributed by atoms with Crippen LogP contribution in [0.15, 0.2) is 48.5 Å². The maximum absolute atomic E-state index is 13.7. The standard InChI is InChI=1S/C21H22F2N2O3/c22-17-5-1-3-14(11-17)12-19(16-4-2-6-18(23)13-16)24-21(28)25-9-7-15(8-10-25)20(26)27/h1-6,11,13,15,19H,7-10,12H2,(H,24,28)(H,26,27). The summed E-state index contributed by atoms with van der Waals surface area (Å²) in [5, 5.41) is 12.0. The average molecular weight is 388 g/mol. The molecule has 1 unspecified atom stereocenters. The molecule has 28 heavy (non-hydrogen) atoms. The smallest absolute Gasteiger partial charge is 0.317 e. The molecule has 1 fully saturated rings. The first-order valence-corrected chi connectivity index (χ1v) is 9.20. The zero-order chi connectivity index (χ0) is 20.1. The van der Waals surface area contributed by atoms with Crippen LogP contribution < -0.4 is 5.32 Å². The monoisotopic (exact) mass is 388 g/mol. The lowest BCUT2D eigenvalue weighted by Gasteiger charge is -2.32. The Balaban J connectivity index is 1.73. The van der Waals surface area contributed by atoms with Gasteiger partial charge in [0, 0.05) is 13.1 Å². The largest absolute Gasteiger partial charge is 0.481 e. The van der Waals surface area contributed by atoms with E-state index < -0.39 is 23.7 Å². The highest BCUT2D eigenvalue weighted by atomic mass is 19.1. The van der Waals surface area contributed by atoms with Gasteiger partial charge in [-0.1, -0.05) is 24.3 Å². The van der Waals surface area contributed by atoms with Gasteiger partial charge >= 0.3 is 12.0 Å². The number of carboxylic acid groups (broad SMARTS) is 1. The Hall–Kier alpha value is -2.96. The van der Waals surface area contributed by atoms with Crippen LogP contribution in [0.5, 0.6) is 0 Å². The summed E-state index contributed by atoms with van der Waals surface area (Å²) in [6, 6.07) is 11.1. The minimum absolute atomic E-state index is 0.304. The van der Waals surface area contributed by atoms with Gasteiger partial charge < -0.3 is 15.3 Å². The normalized spacial score (nSPS) is 15.9. The average Bonchev–Trinajstić information content (AvgIpc) is 2.67. The van der Waals surface area contributed by atoms with Crippen molar-refractivity contribution in [2.45, 2.75) is 25.3 Å². The highest BCUT2D eigenvalue weighted by Gasteiger charge is 2.28. The van der Waals surface area contributed by atoms with Crippen molar-refractivity contribution in [2.75, 3.05) is 13.1 Å². The molecule has 1 saturated heterocycles. The molecule has 1 aliphatic rings. The van der Waals surface area contributed by atoms with Crippen LogP contribution in [0.1, 0.15) is 30.0 Å². The van der Waals surface area contributed by atoms with Crippen molar-refractivity contribution in [3.8, 4) is 0 Å². The van der Waals surface area contributed by atoms with Gasteiger partial charge in [0.15, 0.2) is 0 Å². The Morgan fingerprint density at radius 3 is 2.32 bits per heavy atom. The van der Waals surface area contributed by atoms with Gasteiger partial charge in [-0.2, -0.15) is 0 Å². The first-order valence-electron chi connectivity index (χ1n) is 9.20. The summed E-state index contributed by atoms with van der Waals surface area (Å²) in [4.78, 5) is 25.3. The van der Waals surface area contributed by atoms with Crippen molar-refractivity contribution in [3.05, 3.63) is 71.3 Å². The van der Waals surface area contributed by atoms with E-state index in [2.05, 4.69) is 5.32 Å². The molecule has 2 aromatic rings. The van der Waals surface area contributed by atoms with Crippen LogP contribution >= 0.6 is 0 Å². The van der Waals surface area contributed by atoms with Crippen LogP contribution in [-0.2, 0) is 11.2 Å². The molecular weight excluding hydrogens is 366 g/mol. The van der Waals surface area contributed by atoms with Gasteiger partial charge in [0.05, 0.1) is 12.0 Å². The van der Waals surface area contributed by atoms with Crippen molar-refractivity contribution in [2.24, 2.45) is 5.92 Å². The molecule has 1 heterocycles. The predicted octanol–water partition coefficient (Wildman–Crippen LogP) is 3.75. The van der Waals surface area contributed by atoms with Crippen LogP contribution in [0, 0.1) is 17.6 Å². The van der Waals surface area contributed by atoms with E-state index >= 15 is 0 Å². The second-order valence-corrected chi connectivity index (χ2v) is 6.99. The number of piperidine rings is 1. The van der Waals surface area contributed by atoms with E-state index in [1.807, 2.05) is 0 Å². The van der Waals surface area contributed by atoms with Crippen LogP contribution in [0.2, 0.25) is 0 Å². The quantitative estimate of drug-likeness (QED) is 0.820. The van der Waals surface area contributed by atoms with E-state index in [-0.39, 0.29) is 11.8 Å². The molecule has 3 rings (SSSR count). The molecule has 0 saturated carbocycles. The molecule has 1 aliphatic heterocycles. The second kappa shape index (κ2) is 8.82. The van der Waals surface area contributed by atoms with E-state index in [4.69, 9.17) is 5.11 Å². The molecule has 0 radical (unpaired) electrons. The zero-order valence-corrected chi connectivity index (χ0v) is 15.3. The fourth-order valence-corrected chi connectivity index (χ4v) is 3.45. The summed E-state index contributed by atoms with van der Waals surface area (Å²) in [5.74, 6) is -2.07. The van der Waals surface area contributed by atoms with Gasteiger partial charge in [-0.05, 0) is 54.7 Å². The highest BCUT2D eigenvalue weighted by molar-refractivity contribution is 5.76. The van der Waals surface area contributed by atoms with Crippen molar-refractivity contribution in [3.63, 3.8) is 0 Å². The van der Waals surface area contributed by atoms with Crippen molar-refractivity contribution in [1.29, 1.82) is 0 Å². The molecule has 0 bridgehead atoms. The number of urea groups is 1. The van der Waals surface area contributed by atoms with Crippen molar-refractivity contribution in [1.82, 2.24) is 10.2 Å². The number of halogens is 2. The van der Waals surface area contributed by atoms with Gasteiger partial charge in [-0.3, -0.25) is 4.79 Å². The fraction of sp³-hybridized carbons (Fsp3) is 0.333. The third-order valence-electron chi connectivity index (χ3n) is 5.01. The fourth-order valence-electron chi connectivity index (χ4n) is 3.45. The molecular formula is C21H22F2N2O3. The summed E-state index contributed by atoms with van der Waals surface area (Å²) < 4.78 is 27.2. The number of aliphatic carboxylic acids is 1. The first kappa shape index (κ1) is 19.8. The number of carbonyl (C=O) groups excluding carboxylic acids is 1. The van der Waals surface area contributed by atoms with Crippen molar-refractivity contribution < 1.29 is 23.5 Å². The highest BCUT2D eigenvalue weighted by Crippen LogP contribution is 2.22. The number of likely N-dealkylation sites (tertiary alicyclic amines) is 1. The maximum Gasteiger partial charge on any atom is 0.317 e. The van der Waals surface area contributed by atoms with Crippen LogP contribution in [0.25, 0.3) is 0 Å². The maximum atomic E-state index is 13.7.